The van der Waals surface area contributed by atoms with Crippen molar-refractivity contribution in [2.24, 2.45) is 0 Å². The van der Waals surface area contributed by atoms with Crippen LogP contribution >= 0.6 is 0 Å². The molecule has 3 heterocycles. The van der Waals surface area contributed by atoms with E-state index < -0.39 is 5.54 Å². The predicted octanol–water partition coefficient (Wildman–Crippen LogP) is 3.96. The highest BCUT2D eigenvalue weighted by Gasteiger charge is 2.50. The minimum Gasteiger partial charge on any atom is -0.339 e. The smallest absolute Gasteiger partial charge is 0.247 e. The van der Waals surface area contributed by atoms with Crippen LogP contribution in [0.4, 0.5) is 14.5 Å². The standard InChI is InChI=1S/C25H24F2N4O/c26-19-6-4-18(5-7-19)23-3-1-2-21(29-23)16-30-14-12-25(13-15-30)24(32)28-17-31(25)22-10-8-20(27)9-11-22/h1-11H,12-17H2,(H,28,32). The van der Waals surface area contributed by atoms with E-state index in [0.29, 0.717) is 26.1 Å². The van der Waals surface area contributed by atoms with Crippen molar-refractivity contribution in [3.05, 3.63) is 84.1 Å². The molecule has 0 atom stereocenters. The molecule has 2 saturated heterocycles. The van der Waals surface area contributed by atoms with Gasteiger partial charge >= 0.3 is 0 Å². The molecule has 5 rings (SSSR count). The van der Waals surface area contributed by atoms with E-state index in [4.69, 9.17) is 4.98 Å². The van der Waals surface area contributed by atoms with Gasteiger partial charge in [-0.3, -0.25) is 14.7 Å². The molecule has 2 fully saturated rings. The maximum atomic E-state index is 13.4. The van der Waals surface area contributed by atoms with Gasteiger partial charge in [0.15, 0.2) is 0 Å². The Balaban J connectivity index is 1.28. The second kappa shape index (κ2) is 8.31. The molecule has 0 radical (unpaired) electrons. The van der Waals surface area contributed by atoms with Crippen LogP contribution in [-0.4, -0.2) is 41.1 Å². The molecule has 1 aromatic heterocycles. The third-order valence-electron chi connectivity index (χ3n) is 6.49. The summed E-state index contributed by atoms with van der Waals surface area (Å²) in [5.41, 5.74) is 2.88. The Morgan fingerprint density at radius 3 is 2.25 bits per heavy atom. The van der Waals surface area contributed by atoms with Crippen LogP contribution in [0.25, 0.3) is 11.3 Å². The van der Waals surface area contributed by atoms with Gasteiger partial charge < -0.3 is 10.2 Å². The minimum absolute atomic E-state index is 0.0397. The number of hydrogen-bond donors (Lipinski definition) is 1. The summed E-state index contributed by atoms with van der Waals surface area (Å²) >= 11 is 0. The van der Waals surface area contributed by atoms with Crippen LogP contribution in [0.2, 0.25) is 0 Å². The maximum absolute atomic E-state index is 13.4. The van der Waals surface area contributed by atoms with Gasteiger partial charge in [0.25, 0.3) is 0 Å². The lowest BCUT2D eigenvalue weighted by atomic mass is 9.85. The number of likely N-dealkylation sites (tertiary alicyclic amines) is 1. The van der Waals surface area contributed by atoms with E-state index in [1.165, 1.54) is 24.3 Å². The number of carbonyl (C=O) groups excluding carboxylic acids is 1. The summed E-state index contributed by atoms with van der Waals surface area (Å²) in [7, 11) is 0. The first kappa shape index (κ1) is 20.6. The van der Waals surface area contributed by atoms with Crippen molar-refractivity contribution in [1.29, 1.82) is 0 Å². The van der Waals surface area contributed by atoms with E-state index in [-0.39, 0.29) is 17.5 Å². The number of rotatable bonds is 4. The summed E-state index contributed by atoms with van der Waals surface area (Å²) in [5, 5.41) is 2.97. The van der Waals surface area contributed by atoms with Crippen LogP contribution in [0.1, 0.15) is 18.5 Å². The average molecular weight is 434 g/mol. The third-order valence-corrected chi connectivity index (χ3v) is 6.49. The number of pyridine rings is 1. The van der Waals surface area contributed by atoms with Crippen LogP contribution in [0.3, 0.4) is 0 Å². The van der Waals surface area contributed by atoms with E-state index >= 15 is 0 Å². The van der Waals surface area contributed by atoms with Crippen molar-refractivity contribution in [2.75, 3.05) is 24.7 Å². The number of nitrogens with zero attached hydrogens (tertiary/aromatic N) is 3. The quantitative estimate of drug-likeness (QED) is 0.676. The molecule has 0 unspecified atom stereocenters. The van der Waals surface area contributed by atoms with E-state index in [2.05, 4.69) is 15.1 Å². The maximum Gasteiger partial charge on any atom is 0.247 e. The number of aromatic nitrogens is 1. The molecule has 1 N–H and O–H groups in total. The normalized spacial score (nSPS) is 18.2. The van der Waals surface area contributed by atoms with Gasteiger partial charge in [-0.1, -0.05) is 6.07 Å². The van der Waals surface area contributed by atoms with Gasteiger partial charge in [-0.25, -0.2) is 8.78 Å². The largest absolute Gasteiger partial charge is 0.339 e. The number of benzene rings is 2. The number of amides is 1. The molecule has 2 aliphatic rings. The van der Waals surface area contributed by atoms with Crippen molar-refractivity contribution in [3.63, 3.8) is 0 Å². The molecule has 1 amide bonds. The van der Waals surface area contributed by atoms with Crippen molar-refractivity contribution in [2.45, 2.75) is 24.9 Å². The predicted molar refractivity (Wildman–Crippen MR) is 119 cm³/mol. The second-order valence-corrected chi connectivity index (χ2v) is 8.40. The average Bonchev–Trinajstić information content (AvgIpc) is 3.12. The Hall–Kier alpha value is -3.32. The van der Waals surface area contributed by atoms with E-state index in [1.807, 2.05) is 18.2 Å². The Kier molecular flexibility index (Phi) is 5.35. The molecule has 7 heteroatoms. The molecule has 164 valence electrons. The first-order valence-electron chi connectivity index (χ1n) is 10.8. The lowest BCUT2D eigenvalue weighted by molar-refractivity contribution is -0.125. The Bertz CT molecular complexity index is 1110. The highest BCUT2D eigenvalue weighted by Crippen LogP contribution is 2.36. The molecular formula is C25H24F2N4O. The SMILES string of the molecule is O=C1NCN(c2ccc(F)cc2)C12CCN(Cc1cccc(-c3ccc(F)cc3)n1)CC2. The highest BCUT2D eigenvalue weighted by atomic mass is 19.1. The fraction of sp³-hybridized carbons (Fsp3) is 0.280. The van der Waals surface area contributed by atoms with Crippen molar-refractivity contribution in [1.82, 2.24) is 15.2 Å². The zero-order valence-corrected chi connectivity index (χ0v) is 17.6. The van der Waals surface area contributed by atoms with Crippen molar-refractivity contribution in [3.8, 4) is 11.3 Å². The molecule has 0 bridgehead atoms. The van der Waals surface area contributed by atoms with Crippen LogP contribution in [-0.2, 0) is 11.3 Å². The van der Waals surface area contributed by atoms with Crippen molar-refractivity contribution >= 4 is 11.6 Å². The molecule has 3 aromatic rings. The van der Waals surface area contributed by atoms with Crippen LogP contribution < -0.4 is 10.2 Å². The van der Waals surface area contributed by atoms with Gasteiger partial charge in [-0.15, -0.1) is 0 Å². The topological polar surface area (TPSA) is 48.5 Å². The lowest BCUT2D eigenvalue weighted by Crippen LogP contribution is -2.56. The lowest BCUT2D eigenvalue weighted by Gasteiger charge is -2.43. The third kappa shape index (κ3) is 3.84. The van der Waals surface area contributed by atoms with Gasteiger partial charge in [-0.05, 0) is 73.5 Å². The van der Waals surface area contributed by atoms with E-state index in [0.717, 1.165) is 35.7 Å². The summed E-state index contributed by atoms with van der Waals surface area (Å²) in [6.45, 7) is 2.64. The molecule has 1 spiro atoms. The van der Waals surface area contributed by atoms with Gasteiger partial charge in [0.05, 0.1) is 18.1 Å². The molecule has 2 aliphatic heterocycles. The Morgan fingerprint density at radius 2 is 1.56 bits per heavy atom. The molecule has 5 nitrogen and oxygen atoms in total. The molecule has 2 aromatic carbocycles. The zero-order valence-electron chi connectivity index (χ0n) is 17.6. The first-order valence-corrected chi connectivity index (χ1v) is 10.8. The molecular weight excluding hydrogens is 410 g/mol. The summed E-state index contributed by atoms with van der Waals surface area (Å²) < 4.78 is 26.6. The van der Waals surface area contributed by atoms with E-state index in [9.17, 15) is 13.6 Å². The molecule has 0 saturated carbocycles. The Labute approximate surface area is 185 Å². The van der Waals surface area contributed by atoms with Crippen LogP contribution in [0, 0.1) is 11.6 Å². The van der Waals surface area contributed by atoms with E-state index in [1.54, 1.807) is 24.3 Å². The number of halogens is 2. The monoisotopic (exact) mass is 434 g/mol. The summed E-state index contributed by atoms with van der Waals surface area (Å²) in [4.78, 5) is 21.9. The summed E-state index contributed by atoms with van der Waals surface area (Å²) in [6.07, 6.45) is 1.38. The number of carbonyl (C=O) groups is 1. The highest BCUT2D eigenvalue weighted by molar-refractivity contribution is 5.93. The second-order valence-electron chi connectivity index (χ2n) is 8.40. The van der Waals surface area contributed by atoms with Crippen molar-refractivity contribution < 1.29 is 13.6 Å². The Morgan fingerprint density at radius 1 is 0.906 bits per heavy atom. The van der Waals surface area contributed by atoms with Gasteiger partial charge in [-0.2, -0.15) is 0 Å². The van der Waals surface area contributed by atoms with Crippen LogP contribution in [0.5, 0.6) is 0 Å². The molecule has 0 aliphatic carbocycles. The van der Waals surface area contributed by atoms with Gasteiger partial charge in [0, 0.05) is 30.9 Å². The van der Waals surface area contributed by atoms with Gasteiger partial charge in [0.2, 0.25) is 5.91 Å². The summed E-state index contributed by atoms with van der Waals surface area (Å²) in [5.74, 6) is -0.512. The number of anilines is 1. The number of hydrogen-bond acceptors (Lipinski definition) is 4. The zero-order chi connectivity index (χ0) is 22.1. The fourth-order valence-electron chi connectivity index (χ4n) is 4.70. The fourth-order valence-corrected chi connectivity index (χ4v) is 4.70. The number of piperidine rings is 1. The molecule has 32 heavy (non-hydrogen) atoms. The minimum atomic E-state index is -0.599. The first-order chi connectivity index (χ1) is 15.5. The number of nitrogens with one attached hydrogen (secondary N) is 1. The summed E-state index contributed by atoms with van der Waals surface area (Å²) in [6, 6.07) is 18.5. The van der Waals surface area contributed by atoms with Gasteiger partial charge in [0.1, 0.15) is 17.2 Å². The van der Waals surface area contributed by atoms with Crippen LogP contribution in [0.15, 0.2) is 66.7 Å².